The molecule has 32 heavy (non-hydrogen) atoms. The quantitative estimate of drug-likeness (QED) is 0.665. The highest BCUT2D eigenvalue weighted by molar-refractivity contribution is 5.99. The van der Waals surface area contributed by atoms with Gasteiger partial charge >= 0.3 is 0 Å². The predicted octanol–water partition coefficient (Wildman–Crippen LogP) is 3.88. The fourth-order valence-corrected chi connectivity index (χ4v) is 3.96. The van der Waals surface area contributed by atoms with Crippen molar-refractivity contribution >= 4 is 23.3 Å². The van der Waals surface area contributed by atoms with Gasteiger partial charge in [-0.15, -0.1) is 0 Å². The smallest absolute Gasteiger partial charge is 0.257 e. The van der Waals surface area contributed by atoms with Crippen LogP contribution in [0, 0.1) is 0 Å². The number of anilines is 2. The molecule has 4 rings (SSSR count). The number of nitrogens with zero attached hydrogens (tertiary/aromatic N) is 3. The van der Waals surface area contributed by atoms with Gasteiger partial charge in [0.05, 0.1) is 18.7 Å². The van der Waals surface area contributed by atoms with E-state index in [0.29, 0.717) is 31.0 Å². The molecule has 164 valence electrons. The molecule has 0 aliphatic carbocycles. The summed E-state index contributed by atoms with van der Waals surface area (Å²) in [7, 11) is 1.62. The summed E-state index contributed by atoms with van der Waals surface area (Å²) in [4.78, 5) is 33.7. The molecule has 1 aromatic heterocycles. The minimum Gasteiger partial charge on any atom is -0.497 e. The van der Waals surface area contributed by atoms with E-state index in [4.69, 9.17) is 4.74 Å². The highest BCUT2D eigenvalue weighted by Gasteiger charge is 2.33. The molecule has 1 N–H and O–H groups in total. The number of benzene rings is 2. The normalized spacial score (nSPS) is 15.9. The second kappa shape index (κ2) is 9.51. The summed E-state index contributed by atoms with van der Waals surface area (Å²) in [5.74, 6) is 1.14. The Labute approximate surface area is 187 Å². The van der Waals surface area contributed by atoms with Crippen molar-refractivity contribution in [3.8, 4) is 5.75 Å². The van der Waals surface area contributed by atoms with E-state index in [9.17, 15) is 9.59 Å². The largest absolute Gasteiger partial charge is 0.497 e. The van der Waals surface area contributed by atoms with E-state index in [1.807, 2.05) is 59.5 Å². The SMILES string of the molecule is COc1ccc(Nc2ncccc2C(=O)N2CCN(C(C)=O)C(c3ccccc3)C2)cc1. The van der Waals surface area contributed by atoms with Crippen molar-refractivity contribution in [2.75, 3.05) is 32.1 Å². The number of carbonyl (C=O) groups excluding carboxylic acids is 2. The maximum Gasteiger partial charge on any atom is 0.257 e. The zero-order valence-corrected chi connectivity index (χ0v) is 18.2. The number of nitrogens with one attached hydrogen (secondary N) is 1. The van der Waals surface area contributed by atoms with Crippen LogP contribution in [0.3, 0.4) is 0 Å². The Balaban J connectivity index is 1.57. The van der Waals surface area contributed by atoms with Gasteiger partial charge in [-0.2, -0.15) is 0 Å². The van der Waals surface area contributed by atoms with E-state index in [1.165, 1.54) is 0 Å². The summed E-state index contributed by atoms with van der Waals surface area (Å²) in [5, 5.41) is 3.24. The Kier molecular flexibility index (Phi) is 6.35. The van der Waals surface area contributed by atoms with Crippen molar-refractivity contribution in [1.82, 2.24) is 14.8 Å². The lowest BCUT2D eigenvalue weighted by Crippen LogP contribution is -2.51. The average molecular weight is 431 g/mol. The average Bonchev–Trinajstić information content (AvgIpc) is 2.84. The zero-order valence-electron chi connectivity index (χ0n) is 18.2. The number of aromatic nitrogens is 1. The van der Waals surface area contributed by atoms with Gasteiger partial charge in [0, 0.05) is 38.4 Å². The molecule has 7 heteroatoms. The molecule has 0 spiro atoms. The Bertz CT molecular complexity index is 1090. The summed E-state index contributed by atoms with van der Waals surface area (Å²) in [6.07, 6.45) is 1.66. The maximum atomic E-state index is 13.5. The van der Waals surface area contributed by atoms with Crippen LogP contribution in [0.25, 0.3) is 0 Å². The molecule has 1 atom stereocenters. The first-order chi connectivity index (χ1) is 15.6. The highest BCUT2D eigenvalue weighted by atomic mass is 16.5. The number of amides is 2. The van der Waals surface area contributed by atoms with Gasteiger partial charge in [0.2, 0.25) is 5.91 Å². The summed E-state index contributed by atoms with van der Waals surface area (Å²) in [5.41, 5.74) is 2.32. The molecule has 1 unspecified atom stereocenters. The molecule has 0 bridgehead atoms. The maximum absolute atomic E-state index is 13.5. The van der Waals surface area contributed by atoms with Crippen LogP contribution in [0.1, 0.15) is 28.9 Å². The van der Waals surface area contributed by atoms with Gasteiger partial charge in [-0.05, 0) is 42.0 Å². The van der Waals surface area contributed by atoms with Crippen LogP contribution in [0.5, 0.6) is 5.75 Å². The van der Waals surface area contributed by atoms with Gasteiger partial charge in [-0.3, -0.25) is 9.59 Å². The predicted molar refractivity (Wildman–Crippen MR) is 123 cm³/mol. The molecule has 1 aliphatic heterocycles. The van der Waals surface area contributed by atoms with Gasteiger partial charge in [-0.25, -0.2) is 4.98 Å². The molecule has 2 aromatic carbocycles. The summed E-state index contributed by atoms with van der Waals surface area (Å²) < 4.78 is 5.20. The minimum absolute atomic E-state index is 0.00851. The van der Waals surface area contributed by atoms with E-state index < -0.39 is 0 Å². The summed E-state index contributed by atoms with van der Waals surface area (Å²) >= 11 is 0. The molecule has 1 fully saturated rings. The monoisotopic (exact) mass is 430 g/mol. The Morgan fingerprint density at radius 1 is 1.00 bits per heavy atom. The molecule has 2 heterocycles. The molecule has 3 aromatic rings. The van der Waals surface area contributed by atoms with Crippen LogP contribution in [0.15, 0.2) is 72.9 Å². The third-order valence-corrected chi connectivity index (χ3v) is 5.65. The number of carbonyl (C=O) groups is 2. The Morgan fingerprint density at radius 2 is 1.75 bits per heavy atom. The van der Waals surface area contributed by atoms with Crippen LogP contribution < -0.4 is 10.1 Å². The molecule has 0 saturated carbocycles. The number of rotatable bonds is 5. The van der Waals surface area contributed by atoms with E-state index in [0.717, 1.165) is 17.0 Å². The second-order valence-electron chi connectivity index (χ2n) is 7.64. The molecule has 7 nitrogen and oxygen atoms in total. The number of hydrogen-bond donors (Lipinski definition) is 1. The Morgan fingerprint density at radius 3 is 2.44 bits per heavy atom. The third-order valence-electron chi connectivity index (χ3n) is 5.65. The number of piperazine rings is 1. The van der Waals surface area contributed by atoms with E-state index >= 15 is 0 Å². The lowest BCUT2D eigenvalue weighted by molar-refractivity contribution is -0.133. The van der Waals surface area contributed by atoms with Gasteiger partial charge in [0.25, 0.3) is 5.91 Å². The minimum atomic E-state index is -0.180. The fraction of sp³-hybridized carbons (Fsp3) is 0.240. The van der Waals surface area contributed by atoms with Crippen molar-refractivity contribution in [2.24, 2.45) is 0 Å². The van der Waals surface area contributed by atoms with Crippen LogP contribution >= 0.6 is 0 Å². The van der Waals surface area contributed by atoms with Crippen molar-refractivity contribution in [1.29, 1.82) is 0 Å². The molecule has 1 saturated heterocycles. The van der Waals surface area contributed by atoms with Crippen molar-refractivity contribution in [2.45, 2.75) is 13.0 Å². The van der Waals surface area contributed by atoms with Gasteiger partial charge in [0.15, 0.2) is 0 Å². The molecular weight excluding hydrogens is 404 g/mol. The second-order valence-corrected chi connectivity index (χ2v) is 7.64. The topological polar surface area (TPSA) is 74.8 Å². The van der Waals surface area contributed by atoms with E-state index in [2.05, 4.69) is 10.3 Å². The molecule has 1 aliphatic rings. The molecule has 0 radical (unpaired) electrons. The first-order valence-corrected chi connectivity index (χ1v) is 10.5. The number of pyridine rings is 1. The number of ether oxygens (including phenoxy) is 1. The van der Waals surface area contributed by atoms with Crippen LogP contribution in [-0.2, 0) is 4.79 Å². The number of hydrogen-bond acceptors (Lipinski definition) is 5. The third kappa shape index (κ3) is 4.56. The van der Waals surface area contributed by atoms with Crippen LogP contribution in [-0.4, -0.2) is 53.3 Å². The van der Waals surface area contributed by atoms with Gasteiger partial charge < -0.3 is 19.9 Å². The van der Waals surface area contributed by atoms with Gasteiger partial charge in [-0.1, -0.05) is 30.3 Å². The van der Waals surface area contributed by atoms with Gasteiger partial charge in [0.1, 0.15) is 11.6 Å². The van der Waals surface area contributed by atoms with Crippen molar-refractivity contribution in [3.05, 3.63) is 84.1 Å². The van der Waals surface area contributed by atoms with E-state index in [1.54, 1.807) is 37.3 Å². The Hall–Kier alpha value is -3.87. The zero-order chi connectivity index (χ0) is 22.5. The van der Waals surface area contributed by atoms with Crippen LogP contribution in [0.4, 0.5) is 11.5 Å². The van der Waals surface area contributed by atoms with Crippen molar-refractivity contribution in [3.63, 3.8) is 0 Å². The molecular formula is C25H26N4O3. The lowest BCUT2D eigenvalue weighted by Gasteiger charge is -2.41. The standard InChI is InChI=1S/C25H26N4O3/c1-18(30)29-16-15-28(17-23(29)19-7-4-3-5-8-19)25(31)22-9-6-14-26-24(22)27-20-10-12-21(32-2)13-11-20/h3-14,23H,15-17H2,1-2H3,(H,26,27). The van der Waals surface area contributed by atoms with Crippen LogP contribution in [0.2, 0.25) is 0 Å². The lowest BCUT2D eigenvalue weighted by atomic mass is 10.0. The van der Waals surface area contributed by atoms with Crippen molar-refractivity contribution < 1.29 is 14.3 Å². The first kappa shape index (κ1) is 21.4. The first-order valence-electron chi connectivity index (χ1n) is 10.5. The molecule has 2 amide bonds. The van der Waals surface area contributed by atoms with E-state index in [-0.39, 0.29) is 17.9 Å². The summed E-state index contributed by atoms with van der Waals surface area (Å²) in [6.45, 7) is 2.96. The highest BCUT2D eigenvalue weighted by Crippen LogP contribution is 2.28. The fourth-order valence-electron chi connectivity index (χ4n) is 3.96. The number of methoxy groups -OCH3 is 1. The summed E-state index contributed by atoms with van der Waals surface area (Å²) in [6, 6.07) is 20.6.